The second-order valence-electron chi connectivity index (χ2n) is 7.56. The number of carbonyl (C=O) groups is 1. The Bertz CT molecular complexity index is 1010. The van der Waals surface area contributed by atoms with Crippen LogP contribution in [-0.4, -0.2) is 30.5 Å². The molecule has 0 unspecified atom stereocenters. The van der Waals surface area contributed by atoms with E-state index in [1.54, 1.807) is 10.9 Å². The first kappa shape index (κ1) is 15.5. The van der Waals surface area contributed by atoms with Gasteiger partial charge in [-0.2, -0.15) is 10.2 Å². The molecule has 3 aromatic heterocycles. The Kier molecular flexibility index (Phi) is 3.38. The number of amides is 1. The van der Waals surface area contributed by atoms with E-state index in [4.69, 9.17) is 10.1 Å². The fourth-order valence-corrected chi connectivity index (χ4v) is 3.55. The fraction of sp³-hybridized carbons (Fsp3) is 0.474. The summed E-state index contributed by atoms with van der Waals surface area (Å²) in [5.41, 5.74) is 4.60. The molecule has 1 amide bonds. The van der Waals surface area contributed by atoms with E-state index >= 15 is 0 Å². The van der Waals surface area contributed by atoms with Crippen molar-refractivity contribution in [3.05, 3.63) is 41.0 Å². The Hall–Kier alpha value is -2.70. The van der Waals surface area contributed by atoms with Gasteiger partial charge < -0.3 is 5.32 Å². The molecule has 26 heavy (non-hydrogen) atoms. The first-order chi connectivity index (χ1) is 12.6. The third-order valence-electron chi connectivity index (χ3n) is 5.26. The van der Waals surface area contributed by atoms with Crippen molar-refractivity contribution in [2.24, 2.45) is 14.1 Å². The summed E-state index contributed by atoms with van der Waals surface area (Å²) >= 11 is 0. The van der Waals surface area contributed by atoms with E-state index in [1.807, 2.05) is 31.0 Å². The summed E-state index contributed by atoms with van der Waals surface area (Å²) in [6.45, 7) is 0.467. The highest BCUT2D eigenvalue weighted by Gasteiger charge is 2.33. The van der Waals surface area contributed by atoms with Crippen LogP contribution >= 0.6 is 0 Å². The number of carbonyl (C=O) groups excluding carboxylic acids is 1. The van der Waals surface area contributed by atoms with E-state index in [0.29, 0.717) is 18.4 Å². The molecule has 0 atom stereocenters. The number of hydrogen-bond acceptors (Lipinski definition) is 4. The van der Waals surface area contributed by atoms with E-state index in [1.165, 1.54) is 0 Å². The smallest absolute Gasteiger partial charge is 0.252 e. The van der Waals surface area contributed by atoms with E-state index in [0.717, 1.165) is 59.2 Å². The maximum absolute atomic E-state index is 13.0. The summed E-state index contributed by atoms with van der Waals surface area (Å²) in [6, 6.07) is 1.99. The Morgan fingerprint density at radius 2 is 2.00 bits per heavy atom. The Morgan fingerprint density at radius 3 is 2.65 bits per heavy atom. The van der Waals surface area contributed by atoms with Crippen molar-refractivity contribution < 1.29 is 4.79 Å². The summed E-state index contributed by atoms with van der Waals surface area (Å²) in [4.78, 5) is 17.9. The van der Waals surface area contributed by atoms with Crippen LogP contribution < -0.4 is 5.32 Å². The zero-order valence-corrected chi connectivity index (χ0v) is 15.1. The first-order valence-electron chi connectivity index (χ1n) is 9.23. The molecule has 134 valence electrons. The van der Waals surface area contributed by atoms with Crippen molar-refractivity contribution in [2.75, 3.05) is 0 Å². The van der Waals surface area contributed by atoms with Gasteiger partial charge in [0.25, 0.3) is 5.91 Å². The molecular formula is C19H22N6O. The fourth-order valence-electron chi connectivity index (χ4n) is 3.55. The van der Waals surface area contributed by atoms with Crippen LogP contribution in [0.25, 0.3) is 11.0 Å². The predicted octanol–water partition coefficient (Wildman–Crippen LogP) is 2.39. The molecule has 0 saturated heterocycles. The van der Waals surface area contributed by atoms with Gasteiger partial charge in [0.15, 0.2) is 5.65 Å². The van der Waals surface area contributed by atoms with Crippen LogP contribution in [0.15, 0.2) is 18.5 Å². The molecule has 2 aliphatic rings. The summed E-state index contributed by atoms with van der Waals surface area (Å²) in [5.74, 6) is 0.902. The lowest BCUT2D eigenvalue weighted by molar-refractivity contribution is 0.0952. The molecule has 2 saturated carbocycles. The minimum Gasteiger partial charge on any atom is -0.348 e. The molecule has 0 radical (unpaired) electrons. The minimum atomic E-state index is -0.0574. The molecule has 0 aromatic carbocycles. The summed E-state index contributed by atoms with van der Waals surface area (Å²) in [6.07, 6.45) is 8.29. The van der Waals surface area contributed by atoms with Gasteiger partial charge in [-0.15, -0.1) is 0 Å². The van der Waals surface area contributed by atoms with Crippen molar-refractivity contribution in [2.45, 2.75) is 44.1 Å². The average Bonchev–Trinajstić information content (AvgIpc) is 3.55. The van der Waals surface area contributed by atoms with Gasteiger partial charge in [0, 0.05) is 49.9 Å². The van der Waals surface area contributed by atoms with Crippen molar-refractivity contribution in [3.8, 4) is 0 Å². The molecule has 3 aromatic rings. The molecular weight excluding hydrogens is 328 g/mol. The number of rotatable bonds is 5. The van der Waals surface area contributed by atoms with E-state index in [-0.39, 0.29) is 5.91 Å². The maximum atomic E-state index is 13.0. The Labute approximate surface area is 151 Å². The molecule has 0 bridgehead atoms. The number of aryl methyl sites for hydroxylation is 2. The lowest BCUT2D eigenvalue weighted by Crippen LogP contribution is -2.23. The van der Waals surface area contributed by atoms with Crippen LogP contribution in [0.1, 0.15) is 64.8 Å². The molecule has 2 aliphatic carbocycles. The van der Waals surface area contributed by atoms with Crippen LogP contribution in [0.4, 0.5) is 0 Å². The van der Waals surface area contributed by atoms with Gasteiger partial charge >= 0.3 is 0 Å². The second kappa shape index (κ2) is 5.65. The van der Waals surface area contributed by atoms with Crippen LogP contribution in [0.3, 0.4) is 0 Å². The van der Waals surface area contributed by atoms with Crippen molar-refractivity contribution in [1.82, 2.24) is 29.9 Å². The van der Waals surface area contributed by atoms with E-state index in [2.05, 4.69) is 10.4 Å². The van der Waals surface area contributed by atoms with Gasteiger partial charge in [-0.25, -0.2) is 4.98 Å². The number of pyridine rings is 1. The molecule has 0 spiro atoms. The van der Waals surface area contributed by atoms with Crippen LogP contribution in [0.5, 0.6) is 0 Å². The molecule has 7 heteroatoms. The molecule has 0 aliphatic heterocycles. The van der Waals surface area contributed by atoms with Gasteiger partial charge in [0.1, 0.15) is 0 Å². The molecule has 7 nitrogen and oxygen atoms in total. The van der Waals surface area contributed by atoms with Crippen molar-refractivity contribution in [3.63, 3.8) is 0 Å². The minimum absolute atomic E-state index is 0.0574. The third-order valence-corrected chi connectivity index (χ3v) is 5.26. The van der Waals surface area contributed by atoms with Gasteiger partial charge in [0.05, 0.1) is 22.8 Å². The standard InChI is InChI=1S/C19H22N6O/c1-24-10-11(9-21-24)8-20-19(26)14-7-15(12-3-4-12)22-18-16(14)17(13-5-6-13)23-25(18)2/h7,9-10,12-13H,3-6,8H2,1-2H3,(H,20,26). The summed E-state index contributed by atoms with van der Waals surface area (Å²) < 4.78 is 3.58. The Morgan fingerprint density at radius 1 is 1.23 bits per heavy atom. The highest BCUT2D eigenvalue weighted by atomic mass is 16.1. The SMILES string of the molecule is Cn1cc(CNC(=O)c2cc(C3CC3)nc3c2c(C2CC2)nn3C)cn1. The zero-order chi connectivity index (χ0) is 17.8. The van der Waals surface area contributed by atoms with E-state index < -0.39 is 0 Å². The Balaban J connectivity index is 1.54. The highest BCUT2D eigenvalue weighted by molar-refractivity contribution is 6.06. The lowest BCUT2D eigenvalue weighted by Gasteiger charge is -2.09. The van der Waals surface area contributed by atoms with Crippen LogP contribution in [0.2, 0.25) is 0 Å². The quantitative estimate of drug-likeness (QED) is 0.766. The van der Waals surface area contributed by atoms with Gasteiger partial charge in [-0.1, -0.05) is 0 Å². The van der Waals surface area contributed by atoms with Crippen molar-refractivity contribution >= 4 is 16.9 Å². The largest absolute Gasteiger partial charge is 0.348 e. The predicted molar refractivity (Wildman–Crippen MR) is 96.8 cm³/mol. The lowest BCUT2D eigenvalue weighted by atomic mass is 10.0. The normalized spacial score (nSPS) is 17.0. The second-order valence-corrected chi connectivity index (χ2v) is 7.56. The average molecular weight is 350 g/mol. The highest BCUT2D eigenvalue weighted by Crippen LogP contribution is 2.45. The maximum Gasteiger partial charge on any atom is 0.252 e. The number of nitrogens with one attached hydrogen (secondary N) is 1. The molecule has 1 N–H and O–H groups in total. The zero-order valence-electron chi connectivity index (χ0n) is 15.1. The first-order valence-corrected chi connectivity index (χ1v) is 9.23. The third kappa shape index (κ3) is 2.67. The van der Waals surface area contributed by atoms with Gasteiger partial charge in [-0.05, 0) is 31.7 Å². The molecule has 2 fully saturated rings. The number of hydrogen-bond donors (Lipinski definition) is 1. The number of fused-ring (bicyclic) bond motifs is 1. The van der Waals surface area contributed by atoms with Crippen LogP contribution in [-0.2, 0) is 20.6 Å². The van der Waals surface area contributed by atoms with E-state index in [9.17, 15) is 4.79 Å². The summed E-state index contributed by atoms with van der Waals surface area (Å²) in [7, 11) is 3.80. The van der Waals surface area contributed by atoms with Gasteiger partial charge in [-0.3, -0.25) is 14.2 Å². The van der Waals surface area contributed by atoms with Crippen molar-refractivity contribution in [1.29, 1.82) is 0 Å². The monoisotopic (exact) mass is 350 g/mol. The number of aromatic nitrogens is 5. The number of nitrogens with zero attached hydrogens (tertiary/aromatic N) is 5. The van der Waals surface area contributed by atoms with Gasteiger partial charge in [0.2, 0.25) is 0 Å². The topological polar surface area (TPSA) is 77.6 Å². The van der Waals surface area contributed by atoms with Crippen LogP contribution in [0, 0.1) is 0 Å². The summed E-state index contributed by atoms with van der Waals surface area (Å²) in [5, 5.41) is 12.8. The molecule has 5 rings (SSSR count). The molecule has 3 heterocycles.